The number of anilines is 1. The van der Waals surface area contributed by atoms with E-state index in [1.807, 2.05) is 12.1 Å². The third kappa shape index (κ3) is 5.63. The monoisotopic (exact) mass is 526 g/mol. The number of carboxylic acid groups (broad SMARTS) is 1. The molecule has 0 fully saturated rings. The minimum Gasteiger partial charge on any atom is -0.495 e. The number of thiazole rings is 1. The van der Waals surface area contributed by atoms with E-state index < -0.39 is 16.0 Å². The third-order valence-corrected chi connectivity index (χ3v) is 8.99. The predicted molar refractivity (Wildman–Crippen MR) is 143 cm³/mol. The standard InChI is InChI=1S/C27H30N2O5S2/c1-26(2)13-20(14-27(3,4)16-26)17-6-8-18(9-7-17)24-28-15-23(35-24)36(32,33)29-21-11-10-19(25(30)31)12-22(21)34-5/h6-13,15,29H,14,16H2,1-5H3,(H,30,31). The van der Waals surface area contributed by atoms with E-state index in [0.717, 1.165) is 29.7 Å². The van der Waals surface area contributed by atoms with E-state index in [9.17, 15) is 13.2 Å². The van der Waals surface area contributed by atoms with Gasteiger partial charge in [0.25, 0.3) is 10.0 Å². The number of aromatic nitrogens is 1. The summed E-state index contributed by atoms with van der Waals surface area (Å²) >= 11 is 1.06. The number of nitrogens with zero attached hydrogens (tertiary/aromatic N) is 1. The van der Waals surface area contributed by atoms with Crippen molar-refractivity contribution in [1.82, 2.24) is 4.98 Å². The van der Waals surface area contributed by atoms with E-state index in [4.69, 9.17) is 9.84 Å². The van der Waals surface area contributed by atoms with Gasteiger partial charge in [0.2, 0.25) is 0 Å². The van der Waals surface area contributed by atoms with Crippen molar-refractivity contribution in [2.75, 3.05) is 11.8 Å². The fourth-order valence-electron chi connectivity index (χ4n) is 5.02. The van der Waals surface area contributed by atoms with Gasteiger partial charge in [-0.3, -0.25) is 4.72 Å². The minimum atomic E-state index is -3.95. The number of carboxylic acids is 1. The molecule has 0 saturated heterocycles. The van der Waals surface area contributed by atoms with Gasteiger partial charge in [-0.15, -0.1) is 11.3 Å². The number of ether oxygens (including phenoxy) is 1. The first-order valence-corrected chi connectivity index (χ1v) is 13.8. The van der Waals surface area contributed by atoms with Crippen LogP contribution in [0.1, 0.15) is 56.5 Å². The number of hydrogen-bond donors (Lipinski definition) is 2. The Morgan fingerprint density at radius 3 is 2.36 bits per heavy atom. The van der Waals surface area contributed by atoms with Gasteiger partial charge in [0.1, 0.15) is 10.8 Å². The molecule has 0 amide bonds. The molecule has 1 aliphatic carbocycles. The lowest BCUT2D eigenvalue weighted by atomic mass is 9.66. The lowest BCUT2D eigenvalue weighted by Crippen LogP contribution is -2.26. The van der Waals surface area contributed by atoms with Crippen molar-refractivity contribution in [3.8, 4) is 16.3 Å². The van der Waals surface area contributed by atoms with E-state index in [2.05, 4.69) is 55.6 Å². The molecule has 1 heterocycles. The Kier molecular flexibility index (Phi) is 6.74. The van der Waals surface area contributed by atoms with Gasteiger partial charge < -0.3 is 9.84 Å². The van der Waals surface area contributed by atoms with Crippen molar-refractivity contribution in [2.45, 2.75) is 44.7 Å². The summed E-state index contributed by atoms with van der Waals surface area (Å²) in [5.41, 5.74) is 3.85. The largest absolute Gasteiger partial charge is 0.495 e. The molecule has 0 aliphatic heterocycles. The average molecular weight is 527 g/mol. The Morgan fingerprint density at radius 2 is 1.75 bits per heavy atom. The zero-order chi connectivity index (χ0) is 26.3. The van der Waals surface area contributed by atoms with Crippen LogP contribution in [0, 0.1) is 10.8 Å². The Bertz CT molecular complexity index is 1440. The first kappa shape index (κ1) is 25.9. The summed E-state index contributed by atoms with van der Waals surface area (Å²) in [5.74, 6) is -1.02. The maximum absolute atomic E-state index is 13.0. The summed E-state index contributed by atoms with van der Waals surface area (Å²) in [6.45, 7) is 9.14. The third-order valence-electron chi connectivity index (χ3n) is 6.11. The second-order valence-corrected chi connectivity index (χ2v) is 13.5. The quantitative estimate of drug-likeness (QED) is 0.362. The molecule has 0 atom stereocenters. The molecule has 0 saturated carbocycles. The smallest absolute Gasteiger partial charge is 0.335 e. The fraction of sp³-hybridized carbons (Fsp3) is 0.333. The second kappa shape index (κ2) is 9.37. The molecule has 2 N–H and O–H groups in total. The van der Waals surface area contributed by atoms with Crippen LogP contribution in [0.15, 0.2) is 58.9 Å². The maximum atomic E-state index is 13.0. The van der Waals surface area contributed by atoms with Gasteiger partial charge in [-0.2, -0.15) is 0 Å². The Hall–Kier alpha value is -3.17. The van der Waals surface area contributed by atoms with Gasteiger partial charge in [0.05, 0.1) is 24.6 Å². The SMILES string of the molecule is COc1cc(C(=O)O)ccc1NS(=O)(=O)c1cnc(-c2ccc(C3=CC(C)(C)CC(C)(C)C3)cc2)s1. The van der Waals surface area contributed by atoms with Crippen molar-refractivity contribution in [1.29, 1.82) is 0 Å². The molecule has 0 radical (unpaired) electrons. The van der Waals surface area contributed by atoms with Crippen LogP contribution >= 0.6 is 11.3 Å². The highest BCUT2D eigenvalue weighted by Gasteiger charge is 2.33. The van der Waals surface area contributed by atoms with Crippen LogP contribution in [-0.2, 0) is 10.0 Å². The summed E-state index contributed by atoms with van der Waals surface area (Å²) in [6.07, 6.45) is 5.84. The summed E-state index contributed by atoms with van der Waals surface area (Å²) in [4.78, 5) is 15.5. The second-order valence-electron chi connectivity index (χ2n) is 10.6. The molecule has 0 unspecified atom stereocenters. The van der Waals surface area contributed by atoms with Crippen LogP contribution in [-0.4, -0.2) is 31.6 Å². The summed E-state index contributed by atoms with van der Waals surface area (Å²) in [7, 11) is -2.60. The normalized spacial score (nSPS) is 16.8. The van der Waals surface area contributed by atoms with Crippen molar-refractivity contribution in [2.24, 2.45) is 10.8 Å². The molecule has 190 valence electrons. The number of aromatic carboxylic acids is 1. The van der Waals surface area contributed by atoms with Crippen molar-refractivity contribution in [3.05, 3.63) is 65.9 Å². The van der Waals surface area contributed by atoms with E-state index in [-0.39, 0.29) is 32.0 Å². The molecule has 7 nitrogen and oxygen atoms in total. The summed E-state index contributed by atoms with van der Waals surface area (Å²) in [6, 6.07) is 12.0. The molecular weight excluding hydrogens is 496 g/mol. The average Bonchev–Trinajstić information content (AvgIpc) is 3.28. The molecule has 0 bridgehead atoms. The minimum absolute atomic E-state index is 0.00515. The molecule has 1 aromatic heterocycles. The van der Waals surface area contributed by atoms with Gasteiger partial charge in [0.15, 0.2) is 4.21 Å². The summed E-state index contributed by atoms with van der Waals surface area (Å²) in [5, 5.41) is 9.74. The van der Waals surface area contributed by atoms with Crippen molar-refractivity contribution < 1.29 is 23.1 Å². The molecular formula is C27H30N2O5S2. The highest BCUT2D eigenvalue weighted by Crippen LogP contribution is 2.47. The lowest BCUT2D eigenvalue weighted by Gasteiger charge is -2.39. The molecule has 2 aromatic carbocycles. The van der Waals surface area contributed by atoms with Crippen LogP contribution < -0.4 is 9.46 Å². The number of carbonyl (C=O) groups is 1. The van der Waals surface area contributed by atoms with Gasteiger partial charge in [-0.05, 0) is 53.0 Å². The number of hydrogen-bond acceptors (Lipinski definition) is 6. The topological polar surface area (TPSA) is 106 Å². The number of benzene rings is 2. The first-order valence-electron chi connectivity index (χ1n) is 11.5. The first-order chi connectivity index (χ1) is 16.8. The molecule has 3 aromatic rings. The van der Waals surface area contributed by atoms with Gasteiger partial charge in [0, 0.05) is 5.56 Å². The van der Waals surface area contributed by atoms with Crippen molar-refractivity contribution in [3.63, 3.8) is 0 Å². The molecule has 1 aliphatic rings. The van der Waals surface area contributed by atoms with Crippen molar-refractivity contribution >= 4 is 38.6 Å². The van der Waals surface area contributed by atoms with E-state index in [1.165, 1.54) is 42.6 Å². The summed E-state index contributed by atoms with van der Waals surface area (Å²) < 4.78 is 33.7. The number of allylic oxidation sites excluding steroid dienone is 2. The highest BCUT2D eigenvalue weighted by atomic mass is 32.2. The maximum Gasteiger partial charge on any atom is 0.335 e. The molecule has 0 spiro atoms. The van der Waals surface area contributed by atoms with Crippen LogP contribution in [0.3, 0.4) is 0 Å². The Labute approximate surface area is 215 Å². The van der Waals surface area contributed by atoms with E-state index >= 15 is 0 Å². The number of rotatable bonds is 7. The van der Waals surface area contributed by atoms with Crippen LogP contribution in [0.5, 0.6) is 5.75 Å². The van der Waals surface area contributed by atoms with Crippen LogP contribution in [0.4, 0.5) is 5.69 Å². The van der Waals surface area contributed by atoms with E-state index in [1.54, 1.807) is 0 Å². The number of methoxy groups -OCH3 is 1. The van der Waals surface area contributed by atoms with E-state index in [0.29, 0.717) is 5.01 Å². The zero-order valence-electron chi connectivity index (χ0n) is 21.0. The lowest BCUT2D eigenvalue weighted by molar-refractivity contribution is 0.0696. The molecule has 36 heavy (non-hydrogen) atoms. The van der Waals surface area contributed by atoms with Gasteiger partial charge in [-0.25, -0.2) is 18.2 Å². The molecule has 9 heteroatoms. The molecule has 4 rings (SSSR count). The Balaban J connectivity index is 1.56. The van der Waals surface area contributed by atoms with Crippen LogP contribution in [0.25, 0.3) is 16.1 Å². The van der Waals surface area contributed by atoms with Gasteiger partial charge >= 0.3 is 5.97 Å². The fourth-order valence-corrected chi connectivity index (χ4v) is 7.22. The predicted octanol–water partition coefficient (Wildman–Crippen LogP) is 6.55. The zero-order valence-corrected chi connectivity index (χ0v) is 22.6. The number of sulfonamides is 1. The number of nitrogens with one attached hydrogen (secondary N) is 1. The Morgan fingerprint density at radius 1 is 1.08 bits per heavy atom. The van der Waals surface area contributed by atoms with Crippen LogP contribution in [0.2, 0.25) is 0 Å². The van der Waals surface area contributed by atoms with Gasteiger partial charge in [-0.1, -0.05) is 58.0 Å². The highest BCUT2D eigenvalue weighted by molar-refractivity contribution is 7.94.